The fraction of sp³-hybridized carbons (Fsp3) is 0.273. The molecule has 2 aromatic rings. The maximum absolute atomic E-state index is 11.1. The van der Waals surface area contributed by atoms with Crippen molar-refractivity contribution in [3.05, 3.63) is 82.9 Å². The third-order valence-electron chi connectivity index (χ3n) is 4.61. The number of halogens is 1. The highest BCUT2D eigenvalue weighted by molar-refractivity contribution is 6.13. The lowest BCUT2D eigenvalue weighted by Gasteiger charge is -2.24. The molecule has 5 nitrogen and oxygen atoms in total. The lowest BCUT2D eigenvalue weighted by atomic mass is 9.98. The van der Waals surface area contributed by atoms with Crippen molar-refractivity contribution in [2.75, 3.05) is 26.2 Å². The molecule has 2 aromatic carbocycles. The highest BCUT2D eigenvalue weighted by Gasteiger charge is 2.17. The second-order valence-electron chi connectivity index (χ2n) is 6.55. The monoisotopic (exact) mass is 400 g/mol. The van der Waals surface area contributed by atoms with E-state index in [1.165, 1.54) is 0 Å². The molecule has 0 saturated heterocycles. The molecule has 0 aromatic heterocycles. The largest absolute Gasteiger partial charge is 0.478 e. The standard InChI is InChI=1S/C22H24N2O3.ClH/c1-17-8-5-6-12-20(17)21(18-9-3-2-4-10-18)23-27-15-14-24-13-7-11-19(16-24)22(25)26;/h2-6,8-12H,7,13-16H2,1H3,(H,25,26);1H. The van der Waals surface area contributed by atoms with E-state index in [-0.39, 0.29) is 12.4 Å². The molecule has 3 rings (SSSR count). The van der Waals surface area contributed by atoms with E-state index in [1.807, 2.05) is 48.5 Å². The van der Waals surface area contributed by atoms with Crippen LogP contribution in [0.4, 0.5) is 0 Å². The lowest BCUT2D eigenvalue weighted by Crippen LogP contribution is -2.34. The van der Waals surface area contributed by atoms with Gasteiger partial charge in [-0.25, -0.2) is 4.79 Å². The average Bonchev–Trinajstić information content (AvgIpc) is 2.70. The topological polar surface area (TPSA) is 62.1 Å². The number of oxime groups is 1. The molecule has 6 heteroatoms. The lowest BCUT2D eigenvalue weighted by molar-refractivity contribution is -0.133. The molecule has 0 unspecified atom stereocenters. The zero-order valence-corrected chi connectivity index (χ0v) is 16.7. The van der Waals surface area contributed by atoms with Gasteiger partial charge in [-0.3, -0.25) is 4.90 Å². The summed E-state index contributed by atoms with van der Waals surface area (Å²) < 4.78 is 0. The fourth-order valence-corrected chi connectivity index (χ4v) is 3.12. The normalized spacial score (nSPS) is 14.8. The van der Waals surface area contributed by atoms with E-state index in [9.17, 15) is 4.79 Å². The van der Waals surface area contributed by atoms with Crippen LogP contribution in [0.2, 0.25) is 0 Å². The van der Waals surface area contributed by atoms with Crippen LogP contribution >= 0.6 is 12.4 Å². The van der Waals surface area contributed by atoms with Crippen LogP contribution in [0, 0.1) is 6.92 Å². The number of rotatable bonds is 7. The van der Waals surface area contributed by atoms with Gasteiger partial charge in [-0.2, -0.15) is 0 Å². The van der Waals surface area contributed by atoms with Crippen molar-refractivity contribution in [1.82, 2.24) is 4.90 Å². The van der Waals surface area contributed by atoms with E-state index in [2.05, 4.69) is 23.0 Å². The van der Waals surface area contributed by atoms with E-state index in [0.29, 0.717) is 25.3 Å². The van der Waals surface area contributed by atoms with Crippen LogP contribution in [-0.2, 0) is 9.63 Å². The molecule has 28 heavy (non-hydrogen) atoms. The van der Waals surface area contributed by atoms with Crippen LogP contribution in [0.25, 0.3) is 0 Å². The summed E-state index contributed by atoms with van der Waals surface area (Å²) >= 11 is 0. The van der Waals surface area contributed by atoms with E-state index in [1.54, 1.807) is 6.08 Å². The summed E-state index contributed by atoms with van der Waals surface area (Å²) in [7, 11) is 0. The highest BCUT2D eigenvalue weighted by atomic mass is 35.5. The van der Waals surface area contributed by atoms with Crippen LogP contribution < -0.4 is 0 Å². The molecule has 0 bridgehead atoms. The Morgan fingerprint density at radius 3 is 2.57 bits per heavy atom. The predicted octanol–water partition coefficient (Wildman–Crippen LogP) is 3.90. The Bertz CT molecular complexity index is 850. The van der Waals surface area contributed by atoms with E-state index in [4.69, 9.17) is 9.94 Å². The first kappa shape index (κ1) is 21.7. The van der Waals surface area contributed by atoms with Crippen molar-refractivity contribution >= 4 is 24.1 Å². The van der Waals surface area contributed by atoms with Gasteiger partial charge < -0.3 is 9.94 Å². The molecule has 0 amide bonds. The van der Waals surface area contributed by atoms with Crippen LogP contribution in [0.15, 0.2) is 71.4 Å². The third kappa shape index (κ3) is 5.68. The number of carbonyl (C=O) groups is 1. The van der Waals surface area contributed by atoms with Crippen molar-refractivity contribution in [3.63, 3.8) is 0 Å². The summed E-state index contributed by atoms with van der Waals surface area (Å²) in [4.78, 5) is 18.8. The summed E-state index contributed by atoms with van der Waals surface area (Å²) in [5, 5.41) is 13.6. The van der Waals surface area contributed by atoms with Gasteiger partial charge in [0.1, 0.15) is 12.3 Å². The molecule has 0 aliphatic carbocycles. The first-order valence-electron chi connectivity index (χ1n) is 9.11. The summed E-state index contributed by atoms with van der Waals surface area (Å²) in [5.74, 6) is -0.843. The highest BCUT2D eigenvalue weighted by Crippen LogP contribution is 2.15. The van der Waals surface area contributed by atoms with Gasteiger partial charge in [-0.05, 0) is 18.9 Å². The Hall–Kier alpha value is -2.63. The number of nitrogens with zero attached hydrogens (tertiary/aromatic N) is 2. The van der Waals surface area contributed by atoms with Gasteiger partial charge in [-0.15, -0.1) is 12.4 Å². The molecule has 1 heterocycles. The summed E-state index contributed by atoms with van der Waals surface area (Å²) in [6, 6.07) is 18.1. The summed E-state index contributed by atoms with van der Waals surface area (Å²) in [6.07, 6.45) is 2.55. The fourth-order valence-electron chi connectivity index (χ4n) is 3.12. The van der Waals surface area contributed by atoms with Crippen LogP contribution in [0.5, 0.6) is 0 Å². The Kier molecular flexibility index (Phi) is 8.23. The number of hydrogen-bond donors (Lipinski definition) is 1. The maximum atomic E-state index is 11.1. The Morgan fingerprint density at radius 1 is 1.14 bits per heavy atom. The van der Waals surface area contributed by atoms with E-state index < -0.39 is 5.97 Å². The number of benzene rings is 2. The Morgan fingerprint density at radius 2 is 1.86 bits per heavy atom. The van der Waals surface area contributed by atoms with Crippen molar-refractivity contribution in [1.29, 1.82) is 0 Å². The molecule has 1 N–H and O–H groups in total. The second-order valence-corrected chi connectivity index (χ2v) is 6.55. The second kappa shape index (κ2) is 10.6. The molecule has 1 aliphatic rings. The summed E-state index contributed by atoms with van der Waals surface area (Å²) in [5.41, 5.74) is 4.43. The van der Waals surface area contributed by atoms with Crippen molar-refractivity contribution in [3.8, 4) is 0 Å². The van der Waals surface area contributed by atoms with Gasteiger partial charge in [-0.1, -0.05) is 65.8 Å². The molecule has 1 aliphatic heterocycles. The number of aliphatic carboxylic acids is 1. The number of hydrogen-bond acceptors (Lipinski definition) is 4. The maximum Gasteiger partial charge on any atom is 0.332 e. The van der Waals surface area contributed by atoms with Crippen LogP contribution in [0.1, 0.15) is 23.1 Å². The zero-order chi connectivity index (χ0) is 19.1. The molecule has 0 spiro atoms. The quantitative estimate of drug-likeness (QED) is 0.435. The Balaban J connectivity index is 0.00000280. The average molecular weight is 401 g/mol. The summed E-state index contributed by atoms with van der Waals surface area (Å²) in [6.45, 7) is 4.40. The van der Waals surface area contributed by atoms with Gasteiger partial charge in [0.05, 0.1) is 0 Å². The minimum atomic E-state index is -0.843. The molecule has 0 radical (unpaired) electrons. The molecular formula is C22H25ClN2O3. The van der Waals surface area contributed by atoms with Gasteiger partial charge in [0.2, 0.25) is 0 Å². The third-order valence-corrected chi connectivity index (χ3v) is 4.61. The van der Waals surface area contributed by atoms with Gasteiger partial charge in [0.15, 0.2) is 0 Å². The predicted molar refractivity (Wildman–Crippen MR) is 113 cm³/mol. The van der Waals surface area contributed by atoms with Crippen LogP contribution in [0.3, 0.4) is 0 Å². The Labute approximate surface area is 171 Å². The molecular weight excluding hydrogens is 376 g/mol. The van der Waals surface area contributed by atoms with Crippen molar-refractivity contribution in [2.45, 2.75) is 13.3 Å². The first-order valence-corrected chi connectivity index (χ1v) is 9.11. The SMILES string of the molecule is Cc1ccccc1C(=NOCCN1CCC=C(C(=O)O)C1)c1ccccc1.Cl. The van der Waals surface area contributed by atoms with E-state index >= 15 is 0 Å². The van der Waals surface area contributed by atoms with Crippen molar-refractivity contribution in [2.24, 2.45) is 5.16 Å². The number of carboxylic acid groups (broad SMARTS) is 1. The minimum Gasteiger partial charge on any atom is -0.478 e. The molecule has 0 saturated carbocycles. The number of aryl methyl sites for hydroxylation is 1. The minimum absolute atomic E-state index is 0. The van der Waals surface area contributed by atoms with Gasteiger partial charge in [0.25, 0.3) is 0 Å². The zero-order valence-electron chi connectivity index (χ0n) is 15.9. The van der Waals surface area contributed by atoms with Gasteiger partial charge >= 0.3 is 5.97 Å². The molecule has 0 fully saturated rings. The molecule has 0 atom stereocenters. The van der Waals surface area contributed by atoms with E-state index in [0.717, 1.165) is 35.4 Å². The van der Waals surface area contributed by atoms with Crippen LogP contribution in [-0.4, -0.2) is 47.9 Å². The van der Waals surface area contributed by atoms with Crippen molar-refractivity contribution < 1.29 is 14.7 Å². The smallest absolute Gasteiger partial charge is 0.332 e. The molecule has 148 valence electrons. The first-order chi connectivity index (χ1) is 13.1. The van der Waals surface area contributed by atoms with Gasteiger partial charge in [0, 0.05) is 36.3 Å². The number of carboxylic acids is 1.